The molecule has 0 radical (unpaired) electrons. The summed E-state index contributed by atoms with van der Waals surface area (Å²) in [6.45, 7) is 4.43. The van der Waals surface area contributed by atoms with Gasteiger partial charge in [-0.2, -0.15) is 0 Å². The summed E-state index contributed by atoms with van der Waals surface area (Å²) in [5.74, 6) is 0.882. The Labute approximate surface area is 171 Å². The van der Waals surface area contributed by atoms with Crippen LogP contribution in [0.25, 0.3) is 32.2 Å². The summed E-state index contributed by atoms with van der Waals surface area (Å²) in [7, 11) is 1.82. The van der Waals surface area contributed by atoms with Gasteiger partial charge in [-0.05, 0) is 25.5 Å². The monoisotopic (exact) mass is 411 g/mol. The number of hydrogen-bond donors (Lipinski definition) is 1. The van der Waals surface area contributed by atoms with E-state index in [9.17, 15) is 4.79 Å². The quantitative estimate of drug-likeness (QED) is 0.491. The number of benzene rings is 1. The van der Waals surface area contributed by atoms with Crippen LogP contribution in [-0.4, -0.2) is 37.8 Å². The number of aromatic amines is 1. The Bertz CT molecular complexity index is 1130. The number of nitrogens with one attached hydrogen (secondary N) is 1. The molecule has 0 fully saturated rings. The van der Waals surface area contributed by atoms with Crippen LogP contribution in [0.4, 0.5) is 0 Å². The average Bonchev–Trinajstić information content (AvgIpc) is 3.40. The molecule has 144 valence electrons. The standard InChI is InChI=1S/C20H21N5OS2/c1-4-5-17(26)25(3)9-16-23-18(19(24-16)20-22-12(2)10-27-20)13-6-7-14-15(8-13)28-11-21-14/h6-8,10-11H,4-5,9H2,1-3H3,(H,23,24). The number of H-pyrrole nitrogens is 1. The van der Waals surface area contributed by atoms with Crippen molar-refractivity contribution in [3.63, 3.8) is 0 Å². The molecule has 1 aromatic carbocycles. The van der Waals surface area contributed by atoms with Crippen LogP contribution in [-0.2, 0) is 11.3 Å². The normalized spacial score (nSPS) is 11.2. The summed E-state index contributed by atoms with van der Waals surface area (Å²) in [6.07, 6.45) is 1.38. The van der Waals surface area contributed by atoms with Crippen molar-refractivity contribution in [2.75, 3.05) is 7.05 Å². The maximum Gasteiger partial charge on any atom is 0.222 e. The third-order valence-electron chi connectivity index (χ3n) is 4.47. The molecule has 0 unspecified atom stereocenters. The predicted octanol–water partition coefficient (Wildman–Crippen LogP) is 4.88. The lowest BCUT2D eigenvalue weighted by atomic mass is 10.1. The number of nitrogens with zero attached hydrogens (tertiary/aromatic N) is 4. The van der Waals surface area contributed by atoms with Crippen molar-refractivity contribution in [3.8, 4) is 22.0 Å². The van der Waals surface area contributed by atoms with E-state index >= 15 is 0 Å². The second-order valence-electron chi connectivity index (χ2n) is 6.74. The number of aryl methyl sites for hydroxylation is 1. The molecule has 0 spiro atoms. The first-order chi connectivity index (χ1) is 13.5. The van der Waals surface area contributed by atoms with Gasteiger partial charge in [-0.25, -0.2) is 15.0 Å². The fourth-order valence-corrected chi connectivity index (χ4v) is 4.56. The smallest absolute Gasteiger partial charge is 0.222 e. The second kappa shape index (κ2) is 7.81. The summed E-state index contributed by atoms with van der Waals surface area (Å²) in [5.41, 5.74) is 6.62. The number of imidazole rings is 1. The highest BCUT2D eigenvalue weighted by molar-refractivity contribution is 7.16. The highest BCUT2D eigenvalue weighted by atomic mass is 32.1. The van der Waals surface area contributed by atoms with Crippen molar-refractivity contribution in [2.45, 2.75) is 33.2 Å². The van der Waals surface area contributed by atoms with Gasteiger partial charge in [-0.3, -0.25) is 4.79 Å². The van der Waals surface area contributed by atoms with Crippen LogP contribution >= 0.6 is 22.7 Å². The minimum atomic E-state index is 0.123. The predicted molar refractivity (Wildman–Crippen MR) is 114 cm³/mol. The molecule has 0 bridgehead atoms. The van der Waals surface area contributed by atoms with E-state index in [4.69, 9.17) is 4.98 Å². The third kappa shape index (κ3) is 3.70. The molecule has 1 N–H and O–H groups in total. The van der Waals surface area contributed by atoms with Gasteiger partial charge >= 0.3 is 0 Å². The lowest BCUT2D eigenvalue weighted by molar-refractivity contribution is -0.130. The van der Waals surface area contributed by atoms with Gasteiger partial charge < -0.3 is 9.88 Å². The summed E-state index contributed by atoms with van der Waals surface area (Å²) in [4.78, 5) is 31.1. The van der Waals surface area contributed by atoms with Crippen LogP contribution in [0, 0.1) is 6.92 Å². The molecule has 0 atom stereocenters. The molecule has 0 saturated carbocycles. The molecule has 6 nitrogen and oxygen atoms in total. The Morgan fingerprint density at radius 1 is 1.25 bits per heavy atom. The molecule has 4 aromatic rings. The molecule has 0 aliphatic rings. The second-order valence-corrected chi connectivity index (χ2v) is 8.48. The van der Waals surface area contributed by atoms with Crippen molar-refractivity contribution in [1.29, 1.82) is 0 Å². The van der Waals surface area contributed by atoms with Gasteiger partial charge in [0.15, 0.2) is 0 Å². The molecule has 3 aromatic heterocycles. The number of fused-ring (bicyclic) bond motifs is 1. The van der Waals surface area contributed by atoms with Crippen LogP contribution in [0.15, 0.2) is 29.1 Å². The number of hydrogen-bond acceptors (Lipinski definition) is 6. The van der Waals surface area contributed by atoms with E-state index in [0.29, 0.717) is 13.0 Å². The highest BCUT2D eigenvalue weighted by Crippen LogP contribution is 2.34. The number of rotatable bonds is 6. The van der Waals surface area contributed by atoms with Crippen molar-refractivity contribution in [2.24, 2.45) is 0 Å². The van der Waals surface area contributed by atoms with Gasteiger partial charge in [0.1, 0.15) is 16.5 Å². The fourth-order valence-electron chi connectivity index (χ4n) is 3.05. The van der Waals surface area contributed by atoms with Gasteiger partial charge in [-0.1, -0.05) is 13.0 Å². The first-order valence-corrected chi connectivity index (χ1v) is 10.9. The molecule has 4 rings (SSSR count). The van der Waals surface area contributed by atoms with E-state index < -0.39 is 0 Å². The summed E-state index contributed by atoms with van der Waals surface area (Å²) in [6, 6.07) is 6.20. The van der Waals surface area contributed by atoms with Gasteiger partial charge in [0.25, 0.3) is 0 Å². The minimum Gasteiger partial charge on any atom is -0.340 e. The van der Waals surface area contributed by atoms with E-state index in [-0.39, 0.29) is 5.91 Å². The number of thiazole rings is 2. The van der Waals surface area contributed by atoms with E-state index in [0.717, 1.165) is 50.1 Å². The van der Waals surface area contributed by atoms with Crippen molar-refractivity contribution in [1.82, 2.24) is 24.8 Å². The largest absolute Gasteiger partial charge is 0.340 e. The third-order valence-corrected chi connectivity index (χ3v) is 6.23. The SMILES string of the molecule is CCCC(=O)N(C)Cc1nc(-c2nc(C)cs2)c(-c2ccc3ncsc3c2)[nH]1. The van der Waals surface area contributed by atoms with Gasteiger partial charge in [0.05, 0.1) is 28.0 Å². The summed E-state index contributed by atoms with van der Waals surface area (Å²) < 4.78 is 1.13. The fraction of sp³-hybridized carbons (Fsp3) is 0.300. The number of aromatic nitrogens is 4. The Morgan fingerprint density at radius 2 is 2.11 bits per heavy atom. The Morgan fingerprint density at radius 3 is 2.86 bits per heavy atom. The maximum atomic E-state index is 12.2. The summed E-state index contributed by atoms with van der Waals surface area (Å²) >= 11 is 3.20. The zero-order chi connectivity index (χ0) is 19.7. The zero-order valence-corrected chi connectivity index (χ0v) is 17.7. The van der Waals surface area contributed by atoms with E-state index in [1.165, 1.54) is 0 Å². The number of amides is 1. The van der Waals surface area contributed by atoms with Crippen LogP contribution in [0.5, 0.6) is 0 Å². The lowest BCUT2D eigenvalue weighted by Crippen LogP contribution is -2.26. The molecule has 0 saturated heterocycles. The molecule has 0 aliphatic carbocycles. The number of carbonyl (C=O) groups is 1. The molecule has 0 aliphatic heterocycles. The molecular weight excluding hydrogens is 390 g/mol. The molecule has 1 amide bonds. The topological polar surface area (TPSA) is 74.8 Å². The van der Waals surface area contributed by atoms with Crippen molar-refractivity contribution < 1.29 is 4.79 Å². The first-order valence-electron chi connectivity index (χ1n) is 9.14. The van der Waals surface area contributed by atoms with Gasteiger partial charge in [-0.15, -0.1) is 22.7 Å². The highest BCUT2D eigenvalue weighted by Gasteiger charge is 2.19. The van der Waals surface area contributed by atoms with E-state index in [1.54, 1.807) is 27.6 Å². The molecule has 3 heterocycles. The van der Waals surface area contributed by atoms with E-state index in [2.05, 4.69) is 27.1 Å². The van der Waals surface area contributed by atoms with Crippen LogP contribution in [0.3, 0.4) is 0 Å². The van der Waals surface area contributed by atoms with Crippen LogP contribution in [0.2, 0.25) is 0 Å². The van der Waals surface area contributed by atoms with Gasteiger partial charge in [0.2, 0.25) is 5.91 Å². The van der Waals surface area contributed by atoms with Crippen LogP contribution < -0.4 is 0 Å². The van der Waals surface area contributed by atoms with Crippen LogP contribution in [0.1, 0.15) is 31.3 Å². The van der Waals surface area contributed by atoms with E-state index in [1.807, 2.05) is 37.9 Å². The Kier molecular flexibility index (Phi) is 5.23. The Balaban J connectivity index is 1.75. The summed E-state index contributed by atoms with van der Waals surface area (Å²) in [5, 5.41) is 2.90. The Hall–Kier alpha value is -2.58. The number of carbonyl (C=O) groups excluding carboxylic acids is 1. The zero-order valence-electron chi connectivity index (χ0n) is 16.0. The maximum absolute atomic E-state index is 12.2. The van der Waals surface area contributed by atoms with Crippen molar-refractivity contribution in [3.05, 3.63) is 40.6 Å². The lowest BCUT2D eigenvalue weighted by Gasteiger charge is -2.14. The molecule has 28 heavy (non-hydrogen) atoms. The minimum absolute atomic E-state index is 0.123. The molecule has 8 heteroatoms. The van der Waals surface area contributed by atoms with Crippen molar-refractivity contribution >= 4 is 38.8 Å². The van der Waals surface area contributed by atoms with Gasteiger partial charge in [0, 0.05) is 30.1 Å². The average molecular weight is 412 g/mol. The first kappa shape index (κ1) is 18.8. The molecular formula is C20H21N5OS2.